The van der Waals surface area contributed by atoms with Gasteiger partial charge < -0.3 is 15.0 Å². The Bertz CT molecular complexity index is 780. The molecule has 3 nitrogen and oxygen atoms in total. The smallest absolute Gasteiger partial charge is 0.128 e. The van der Waals surface area contributed by atoms with Gasteiger partial charge in [-0.3, -0.25) is 0 Å². The molecule has 0 unspecified atom stereocenters. The number of rotatable bonds is 4. The molecule has 0 radical (unpaired) electrons. The molecule has 3 aromatic rings. The van der Waals surface area contributed by atoms with Crippen LogP contribution in [0.4, 0.5) is 10.1 Å². The monoisotopic (exact) mass is 284 g/mol. The van der Waals surface area contributed by atoms with E-state index in [2.05, 4.69) is 4.57 Å². The van der Waals surface area contributed by atoms with Crippen molar-refractivity contribution in [2.24, 2.45) is 0 Å². The summed E-state index contributed by atoms with van der Waals surface area (Å²) in [4.78, 5) is 0. The minimum Gasteiger partial charge on any atom is -0.493 e. The molecule has 2 N–H and O–H groups in total. The second-order valence-corrected chi connectivity index (χ2v) is 4.91. The highest BCUT2D eigenvalue weighted by atomic mass is 19.1. The number of hydrogen-bond acceptors (Lipinski definition) is 2. The molecule has 0 aliphatic rings. The summed E-state index contributed by atoms with van der Waals surface area (Å²) in [6, 6.07) is 12.5. The summed E-state index contributed by atoms with van der Waals surface area (Å²) in [6.45, 7) is 3.20. The van der Waals surface area contributed by atoms with Crippen LogP contribution in [0.2, 0.25) is 0 Å². The van der Waals surface area contributed by atoms with Crippen LogP contribution in [0.3, 0.4) is 0 Å². The number of fused-ring (bicyclic) bond motifs is 1. The minimum absolute atomic E-state index is 0.313. The first-order valence-corrected chi connectivity index (χ1v) is 6.93. The van der Waals surface area contributed by atoms with E-state index in [9.17, 15) is 4.39 Å². The number of ether oxygens (including phenoxy) is 1. The Morgan fingerprint density at radius 1 is 1.19 bits per heavy atom. The first kappa shape index (κ1) is 13.5. The molecule has 0 spiro atoms. The third-order valence-corrected chi connectivity index (χ3v) is 3.52. The summed E-state index contributed by atoms with van der Waals surface area (Å²) in [5, 5.41) is 1.07. The summed E-state index contributed by atoms with van der Waals surface area (Å²) in [6.07, 6.45) is 2.00. The molecule has 4 heteroatoms. The largest absolute Gasteiger partial charge is 0.493 e. The minimum atomic E-state index is -0.313. The van der Waals surface area contributed by atoms with Gasteiger partial charge in [0.1, 0.15) is 11.6 Å². The third kappa shape index (κ3) is 2.57. The lowest BCUT2D eigenvalue weighted by molar-refractivity contribution is 0.344. The zero-order valence-electron chi connectivity index (χ0n) is 11.8. The highest BCUT2D eigenvalue weighted by molar-refractivity contribution is 5.86. The van der Waals surface area contributed by atoms with Gasteiger partial charge in [-0.2, -0.15) is 0 Å². The molecule has 1 heterocycles. The molecule has 21 heavy (non-hydrogen) atoms. The van der Waals surface area contributed by atoms with Gasteiger partial charge in [-0.1, -0.05) is 12.1 Å². The van der Waals surface area contributed by atoms with Gasteiger partial charge in [0.05, 0.1) is 12.1 Å². The summed E-state index contributed by atoms with van der Waals surface area (Å²) in [7, 11) is 0. The molecule has 108 valence electrons. The zero-order chi connectivity index (χ0) is 14.8. The highest BCUT2D eigenvalue weighted by Gasteiger charge is 2.08. The van der Waals surface area contributed by atoms with E-state index >= 15 is 0 Å². The van der Waals surface area contributed by atoms with Crippen molar-refractivity contribution in [1.29, 1.82) is 0 Å². The Labute approximate surface area is 122 Å². The number of aromatic nitrogens is 1. The van der Waals surface area contributed by atoms with Crippen LogP contribution in [0.5, 0.6) is 5.75 Å². The second-order valence-electron chi connectivity index (χ2n) is 4.91. The maximum Gasteiger partial charge on any atom is 0.128 e. The van der Waals surface area contributed by atoms with Crippen LogP contribution >= 0.6 is 0 Å². The standard InChI is InChI=1S/C17H17FN2O/c1-2-21-17-5-3-4-16-14(17)8-9-20(16)11-12-6-7-13(18)10-15(12)19/h3-10H,2,11,19H2,1H3. The maximum atomic E-state index is 13.1. The van der Waals surface area contributed by atoms with E-state index < -0.39 is 0 Å². The average Bonchev–Trinajstić information content (AvgIpc) is 2.87. The first-order valence-electron chi connectivity index (χ1n) is 6.93. The van der Waals surface area contributed by atoms with E-state index in [0.29, 0.717) is 18.8 Å². The molecule has 0 saturated heterocycles. The molecule has 0 fully saturated rings. The van der Waals surface area contributed by atoms with E-state index in [0.717, 1.165) is 22.2 Å². The summed E-state index contributed by atoms with van der Waals surface area (Å²) in [5.41, 5.74) is 8.32. The van der Waals surface area contributed by atoms with Gasteiger partial charge in [-0.25, -0.2) is 4.39 Å². The fourth-order valence-corrected chi connectivity index (χ4v) is 2.51. The van der Waals surface area contributed by atoms with Crippen LogP contribution in [0.15, 0.2) is 48.7 Å². The molecule has 2 aromatic carbocycles. The molecule has 3 rings (SSSR count). The van der Waals surface area contributed by atoms with Crippen LogP contribution in [0.25, 0.3) is 10.9 Å². The van der Waals surface area contributed by atoms with Crippen LogP contribution in [0, 0.1) is 5.82 Å². The molecule has 0 aliphatic carbocycles. The van der Waals surface area contributed by atoms with Crippen molar-refractivity contribution in [3.63, 3.8) is 0 Å². The van der Waals surface area contributed by atoms with Gasteiger partial charge in [0, 0.05) is 23.8 Å². The third-order valence-electron chi connectivity index (χ3n) is 3.52. The molecule has 0 saturated carbocycles. The molecule has 1 aromatic heterocycles. The van der Waals surface area contributed by atoms with Gasteiger partial charge in [-0.05, 0) is 42.8 Å². The van der Waals surface area contributed by atoms with Gasteiger partial charge in [-0.15, -0.1) is 0 Å². The van der Waals surface area contributed by atoms with E-state index in [1.165, 1.54) is 12.1 Å². The van der Waals surface area contributed by atoms with Crippen molar-refractivity contribution in [2.45, 2.75) is 13.5 Å². The van der Waals surface area contributed by atoms with Crippen molar-refractivity contribution in [3.05, 3.63) is 60.0 Å². The number of nitrogens with zero attached hydrogens (tertiary/aromatic N) is 1. The van der Waals surface area contributed by atoms with Crippen molar-refractivity contribution >= 4 is 16.6 Å². The van der Waals surface area contributed by atoms with Crippen molar-refractivity contribution in [1.82, 2.24) is 4.57 Å². The average molecular weight is 284 g/mol. The van der Waals surface area contributed by atoms with Crippen molar-refractivity contribution in [2.75, 3.05) is 12.3 Å². The number of hydrogen-bond donors (Lipinski definition) is 1. The summed E-state index contributed by atoms with van der Waals surface area (Å²) < 4.78 is 20.8. The van der Waals surface area contributed by atoms with Gasteiger partial charge in [0.2, 0.25) is 0 Å². The van der Waals surface area contributed by atoms with Crippen molar-refractivity contribution < 1.29 is 9.13 Å². The molecule has 0 amide bonds. The summed E-state index contributed by atoms with van der Waals surface area (Å²) in [5.74, 6) is 0.563. The van der Waals surface area contributed by atoms with E-state index in [-0.39, 0.29) is 5.82 Å². The molecule has 0 bridgehead atoms. The zero-order valence-corrected chi connectivity index (χ0v) is 11.8. The second kappa shape index (κ2) is 5.48. The Morgan fingerprint density at radius 3 is 2.81 bits per heavy atom. The Balaban J connectivity index is 1.99. The highest BCUT2D eigenvalue weighted by Crippen LogP contribution is 2.27. The fraction of sp³-hybridized carbons (Fsp3) is 0.176. The Hall–Kier alpha value is -2.49. The molecule has 0 atom stereocenters. The van der Waals surface area contributed by atoms with E-state index in [1.807, 2.05) is 37.4 Å². The maximum absolute atomic E-state index is 13.1. The Morgan fingerprint density at radius 2 is 2.05 bits per heavy atom. The lowest BCUT2D eigenvalue weighted by Gasteiger charge is -2.10. The predicted molar refractivity (Wildman–Crippen MR) is 83.0 cm³/mol. The van der Waals surface area contributed by atoms with E-state index in [1.54, 1.807) is 6.07 Å². The topological polar surface area (TPSA) is 40.2 Å². The summed E-state index contributed by atoms with van der Waals surface area (Å²) >= 11 is 0. The number of nitrogen functional groups attached to an aromatic ring is 1. The fourth-order valence-electron chi connectivity index (χ4n) is 2.51. The van der Waals surface area contributed by atoms with Crippen LogP contribution in [-0.2, 0) is 6.54 Å². The lowest BCUT2D eigenvalue weighted by Crippen LogP contribution is -2.02. The van der Waals surface area contributed by atoms with E-state index in [4.69, 9.17) is 10.5 Å². The quantitative estimate of drug-likeness (QED) is 0.740. The number of nitrogens with two attached hydrogens (primary N) is 1. The molecule has 0 aliphatic heterocycles. The van der Waals surface area contributed by atoms with Crippen LogP contribution in [0.1, 0.15) is 12.5 Å². The lowest BCUT2D eigenvalue weighted by atomic mass is 10.1. The Kier molecular flexibility index (Phi) is 3.52. The number of anilines is 1. The van der Waals surface area contributed by atoms with Gasteiger partial charge in [0.25, 0.3) is 0 Å². The molecular formula is C17H17FN2O. The number of halogens is 1. The van der Waals surface area contributed by atoms with Gasteiger partial charge in [0.15, 0.2) is 0 Å². The number of benzene rings is 2. The van der Waals surface area contributed by atoms with Crippen molar-refractivity contribution in [3.8, 4) is 5.75 Å². The first-order chi connectivity index (χ1) is 10.2. The molecular weight excluding hydrogens is 267 g/mol. The van der Waals surface area contributed by atoms with Crippen LogP contribution in [-0.4, -0.2) is 11.2 Å². The normalized spacial score (nSPS) is 11.0. The van der Waals surface area contributed by atoms with Gasteiger partial charge >= 0.3 is 0 Å². The van der Waals surface area contributed by atoms with Crippen LogP contribution < -0.4 is 10.5 Å². The predicted octanol–water partition coefficient (Wildman–Crippen LogP) is 3.81. The SMILES string of the molecule is CCOc1cccc2c1ccn2Cc1ccc(F)cc1N.